The molecule has 1 heterocycles. The number of hydrogen-bond donors (Lipinski definition) is 1. The lowest BCUT2D eigenvalue weighted by Gasteiger charge is -2.12. The Morgan fingerprint density at radius 1 is 1.21 bits per heavy atom. The minimum Gasteiger partial charge on any atom is -0.343 e. The van der Waals surface area contributed by atoms with Gasteiger partial charge in [0.1, 0.15) is 10.5 Å². The van der Waals surface area contributed by atoms with Gasteiger partial charge >= 0.3 is 0 Å². The van der Waals surface area contributed by atoms with E-state index in [1.165, 1.54) is 31.4 Å². The van der Waals surface area contributed by atoms with Crippen LogP contribution in [-0.2, 0) is 0 Å². The number of benzene rings is 1. The van der Waals surface area contributed by atoms with Gasteiger partial charge in [-0.1, -0.05) is 59.2 Å². The first-order chi connectivity index (χ1) is 9.24. The normalized spacial score (nSPS) is 15.8. The Labute approximate surface area is 126 Å². The summed E-state index contributed by atoms with van der Waals surface area (Å²) in [4.78, 5) is 7.94. The Bertz CT molecular complexity index is 645. The molecule has 1 aliphatic rings. The van der Waals surface area contributed by atoms with Gasteiger partial charge in [0.25, 0.3) is 0 Å². The molecule has 1 aromatic heterocycles. The largest absolute Gasteiger partial charge is 0.343 e. The van der Waals surface area contributed by atoms with Crippen molar-refractivity contribution in [2.75, 3.05) is 0 Å². The van der Waals surface area contributed by atoms with Gasteiger partial charge in [-0.15, -0.1) is 0 Å². The van der Waals surface area contributed by atoms with Crippen molar-refractivity contribution < 1.29 is 0 Å². The molecule has 0 amide bonds. The van der Waals surface area contributed by atoms with Gasteiger partial charge in [-0.25, -0.2) is 4.98 Å². The molecule has 2 nitrogen and oxygen atoms in total. The summed E-state index contributed by atoms with van der Waals surface area (Å²) in [5.74, 6) is 1.48. The molecule has 3 rings (SSSR count). The number of nitrogens with zero attached hydrogens (tertiary/aromatic N) is 1. The van der Waals surface area contributed by atoms with Crippen LogP contribution in [0.5, 0.6) is 0 Å². The average molecular weight is 335 g/mol. The molecule has 1 fully saturated rings. The first kappa shape index (κ1) is 13.0. The number of halogens is 1. The van der Waals surface area contributed by atoms with Crippen molar-refractivity contribution in [2.45, 2.75) is 31.6 Å². The van der Waals surface area contributed by atoms with Gasteiger partial charge in [0.2, 0.25) is 0 Å². The highest BCUT2D eigenvalue weighted by molar-refractivity contribution is 9.10. The number of rotatable bonds is 2. The van der Waals surface area contributed by atoms with E-state index < -0.39 is 0 Å². The van der Waals surface area contributed by atoms with Crippen molar-refractivity contribution in [2.24, 2.45) is 0 Å². The number of aromatic nitrogens is 2. The molecule has 1 saturated carbocycles. The Balaban J connectivity index is 2.07. The summed E-state index contributed by atoms with van der Waals surface area (Å²) < 4.78 is 1.71. The molecule has 0 atom stereocenters. The minimum absolute atomic E-state index is 0.617. The van der Waals surface area contributed by atoms with Gasteiger partial charge in [0.15, 0.2) is 0 Å². The second-order valence-corrected chi connectivity index (χ2v) is 6.26. The minimum atomic E-state index is 0.617. The van der Waals surface area contributed by atoms with Gasteiger partial charge in [0.05, 0.1) is 0 Å². The van der Waals surface area contributed by atoms with E-state index in [4.69, 9.17) is 12.2 Å². The maximum absolute atomic E-state index is 5.32. The summed E-state index contributed by atoms with van der Waals surface area (Å²) in [5.41, 5.74) is 2.30. The predicted molar refractivity (Wildman–Crippen MR) is 83.8 cm³/mol. The molecule has 0 spiro atoms. The van der Waals surface area contributed by atoms with Crippen LogP contribution < -0.4 is 0 Å². The van der Waals surface area contributed by atoms with Crippen molar-refractivity contribution in [3.05, 3.63) is 45.1 Å². The summed E-state index contributed by atoms with van der Waals surface area (Å²) in [7, 11) is 0. The fourth-order valence-corrected chi connectivity index (χ4v) is 3.40. The van der Waals surface area contributed by atoms with Crippen LogP contribution in [0.4, 0.5) is 0 Å². The summed E-state index contributed by atoms with van der Waals surface area (Å²) in [5, 5.41) is 0. The topological polar surface area (TPSA) is 28.7 Å². The Morgan fingerprint density at radius 3 is 2.68 bits per heavy atom. The lowest BCUT2D eigenvalue weighted by atomic mass is 10.0. The third-order valence-electron chi connectivity index (χ3n) is 3.69. The van der Waals surface area contributed by atoms with Crippen molar-refractivity contribution in [1.29, 1.82) is 0 Å². The molecule has 1 N–H and O–H groups in total. The Hall–Kier alpha value is -1.000. The Kier molecular flexibility index (Phi) is 3.80. The maximum atomic E-state index is 5.32. The molecule has 1 aliphatic carbocycles. The molecule has 0 saturated heterocycles. The van der Waals surface area contributed by atoms with Crippen molar-refractivity contribution in [1.82, 2.24) is 9.97 Å². The van der Waals surface area contributed by atoms with E-state index in [9.17, 15) is 0 Å². The number of nitrogens with one attached hydrogen (secondary N) is 1. The summed E-state index contributed by atoms with van der Waals surface area (Å²) in [6.07, 6.45) is 5.14. The number of aromatic amines is 1. The van der Waals surface area contributed by atoms with Crippen molar-refractivity contribution >= 4 is 28.1 Å². The van der Waals surface area contributed by atoms with Crippen LogP contribution in [0.25, 0.3) is 11.4 Å². The molecule has 0 unspecified atom stereocenters. The number of hydrogen-bond acceptors (Lipinski definition) is 2. The lowest BCUT2D eigenvalue weighted by Crippen LogP contribution is -2.00. The molecule has 2 aromatic rings. The average Bonchev–Trinajstić information content (AvgIpc) is 2.92. The molecule has 0 aliphatic heterocycles. The smallest absolute Gasteiger partial charge is 0.140 e. The fourth-order valence-electron chi connectivity index (χ4n) is 2.71. The molecular weight excluding hydrogens is 320 g/mol. The van der Waals surface area contributed by atoms with Gasteiger partial charge < -0.3 is 4.98 Å². The van der Waals surface area contributed by atoms with E-state index >= 15 is 0 Å². The monoisotopic (exact) mass is 334 g/mol. The van der Waals surface area contributed by atoms with E-state index in [1.54, 1.807) is 0 Å². The third-order valence-corrected chi connectivity index (χ3v) is 4.59. The molecule has 4 heteroatoms. The molecule has 98 valence electrons. The Morgan fingerprint density at radius 2 is 1.95 bits per heavy atom. The van der Waals surface area contributed by atoms with Crippen LogP contribution in [0.3, 0.4) is 0 Å². The summed E-state index contributed by atoms with van der Waals surface area (Å²) in [6, 6.07) is 10.1. The van der Waals surface area contributed by atoms with Gasteiger partial charge in [-0.05, 0) is 30.9 Å². The molecule has 19 heavy (non-hydrogen) atoms. The molecule has 0 bridgehead atoms. The van der Waals surface area contributed by atoms with Crippen LogP contribution >= 0.6 is 28.1 Å². The number of H-pyrrole nitrogens is 1. The maximum Gasteiger partial charge on any atom is 0.140 e. The summed E-state index contributed by atoms with van der Waals surface area (Å²) >= 11 is 8.89. The first-order valence-electron chi connectivity index (χ1n) is 6.60. The van der Waals surface area contributed by atoms with Crippen LogP contribution in [0.15, 0.2) is 34.8 Å². The summed E-state index contributed by atoms with van der Waals surface area (Å²) in [6.45, 7) is 0. The quantitative estimate of drug-likeness (QED) is 0.762. The van der Waals surface area contributed by atoms with E-state index in [0.717, 1.165) is 15.9 Å². The van der Waals surface area contributed by atoms with Crippen LogP contribution in [0, 0.1) is 4.64 Å². The standard InChI is InChI=1S/C15H15BrN2S/c16-12-8-4-3-7-11(12)15-17-13(9-14(19)18-15)10-5-1-2-6-10/h3-4,7-10H,1-2,5-6H2,(H,17,18,19). The van der Waals surface area contributed by atoms with E-state index in [-0.39, 0.29) is 0 Å². The van der Waals surface area contributed by atoms with E-state index in [2.05, 4.69) is 32.0 Å². The van der Waals surface area contributed by atoms with Crippen LogP contribution in [0.2, 0.25) is 0 Å². The highest BCUT2D eigenvalue weighted by Gasteiger charge is 2.18. The van der Waals surface area contributed by atoms with Crippen molar-refractivity contribution in [3.63, 3.8) is 0 Å². The van der Waals surface area contributed by atoms with Crippen LogP contribution in [-0.4, -0.2) is 9.97 Å². The zero-order chi connectivity index (χ0) is 13.2. The fraction of sp³-hybridized carbons (Fsp3) is 0.333. The second kappa shape index (κ2) is 5.55. The zero-order valence-corrected chi connectivity index (χ0v) is 12.9. The highest BCUT2D eigenvalue weighted by Crippen LogP contribution is 2.34. The van der Waals surface area contributed by atoms with Gasteiger partial charge in [0, 0.05) is 15.7 Å². The SMILES string of the molecule is S=c1cc(C2CCCC2)[nH]c(-c2ccccc2Br)n1. The first-order valence-corrected chi connectivity index (χ1v) is 7.80. The molecule has 0 radical (unpaired) electrons. The van der Waals surface area contributed by atoms with E-state index in [1.807, 2.05) is 24.3 Å². The van der Waals surface area contributed by atoms with Gasteiger partial charge in [-0.2, -0.15) is 0 Å². The molecular formula is C15H15BrN2S. The predicted octanol–water partition coefficient (Wildman–Crippen LogP) is 5.23. The lowest BCUT2D eigenvalue weighted by molar-refractivity contribution is 0.694. The van der Waals surface area contributed by atoms with Gasteiger partial charge in [-0.3, -0.25) is 0 Å². The van der Waals surface area contributed by atoms with E-state index in [0.29, 0.717) is 10.6 Å². The zero-order valence-electron chi connectivity index (χ0n) is 10.5. The molecule has 1 aromatic carbocycles. The van der Waals surface area contributed by atoms with Crippen LogP contribution in [0.1, 0.15) is 37.3 Å². The van der Waals surface area contributed by atoms with Crippen molar-refractivity contribution in [3.8, 4) is 11.4 Å². The second-order valence-electron chi connectivity index (χ2n) is 4.98. The third kappa shape index (κ3) is 2.79. The highest BCUT2D eigenvalue weighted by atomic mass is 79.9.